The molecule has 2 atom stereocenters. The van der Waals surface area contributed by atoms with Gasteiger partial charge in [-0.25, -0.2) is 8.42 Å². The average Bonchev–Trinajstić information content (AvgIpc) is 2.02. The van der Waals surface area contributed by atoms with Gasteiger partial charge in [-0.15, -0.1) is 0 Å². The lowest BCUT2D eigenvalue weighted by Crippen LogP contribution is -2.31. The Morgan fingerprint density at radius 3 is 2.21 bits per heavy atom. The first-order chi connectivity index (χ1) is 6.41. The first kappa shape index (κ1) is 13.9. The second kappa shape index (κ2) is 6.40. The summed E-state index contributed by atoms with van der Waals surface area (Å²) in [6.07, 6.45) is 2.64. The summed E-state index contributed by atoms with van der Waals surface area (Å²) in [7, 11) is -2.94. The van der Waals surface area contributed by atoms with Crippen LogP contribution in [0.25, 0.3) is 0 Å². The highest BCUT2D eigenvalue weighted by atomic mass is 32.2. The van der Waals surface area contributed by atoms with Crippen LogP contribution in [0.2, 0.25) is 0 Å². The highest BCUT2D eigenvalue weighted by Crippen LogP contribution is 2.08. The molecule has 0 aliphatic rings. The van der Waals surface area contributed by atoms with Gasteiger partial charge in [0.2, 0.25) is 0 Å². The number of nitrogens with two attached hydrogens (primary N) is 1. The Hall–Kier alpha value is -0.0900. The van der Waals surface area contributed by atoms with Crippen LogP contribution in [0.15, 0.2) is 0 Å². The standard InChI is InChI=1S/C10H23NO2S/c1-4-6-10(11)8-14(12,13)7-9(3)5-2/h9-10H,4-8,11H2,1-3H3. The maximum Gasteiger partial charge on any atom is 0.152 e. The van der Waals surface area contributed by atoms with Crippen molar-refractivity contribution in [2.75, 3.05) is 11.5 Å². The molecule has 4 heteroatoms. The zero-order valence-corrected chi connectivity index (χ0v) is 10.3. The molecule has 0 rings (SSSR count). The van der Waals surface area contributed by atoms with Gasteiger partial charge in [0.25, 0.3) is 0 Å². The average molecular weight is 221 g/mol. The second-order valence-corrected chi connectivity index (χ2v) is 6.29. The van der Waals surface area contributed by atoms with E-state index >= 15 is 0 Å². The molecule has 0 radical (unpaired) electrons. The van der Waals surface area contributed by atoms with Crippen molar-refractivity contribution >= 4 is 9.84 Å². The van der Waals surface area contributed by atoms with Gasteiger partial charge in [-0.05, 0) is 12.3 Å². The van der Waals surface area contributed by atoms with Gasteiger partial charge >= 0.3 is 0 Å². The number of sulfone groups is 1. The van der Waals surface area contributed by atoms with Gasteiger partial charge in [-0.1, -0.05) is 33.6 Å². The minimum Gasteiger partial charge on any atom is -0.327 e. The molecule has 0 aliphatic heterocycles. The fraction of sp³-hybridized carbons (Fsp3) is 1.00. The summed E-state index contributed by atoms with van der Waals surface area (Å²) in [5, 5.41) is 0. The van der Waals surface area contributed by atoms with Crippen LogP contribution in [-0.2, 0) is 9.84 Å². The molecule has 0 aromatic carbocycles. The van der Waals surface area contributed by atoms with Gasteiger partial charge in [0, 0.05) is 6.04 Å². The summed E-state index contributed by atoms with van der Waals surface area (Å²) in [4.78, 5) is 0. The van der Waals surface area contributed by atoms with Gasteiger partial charge in [-0.3, -0.25) is 0 Å². The Labute approximate surface area is 88.0 Å². The van der Waals surface area contributed by atoms with E-state index in [0.29, 0.717) is 0 Å². The van der Waals surface area contributed by atoms with Gasteiger partial charge in [-0.2, -0.15) is 0 Å². The van der Waals surface area contributed by atoms with E-state index in [9.17, 15) is 8.42 Å². The van der Waals surface area contributed by atoms with Crippen molar-refractivity contribution in [1.29, 1.82) is 0 Å². The van der Waals surface area contributed by atoms with E-state index in [2.05, 4.69) is 0 Å². The highest BCUT2D eigenvalue weighted by molar-refractivity contribution is 7.91. The van der Waals surface area contributed by atoms with Crippen molar-refractivity contribution in [2.45, 2.75) is 46.1 Å². The molecule has 3 nitrogen and oxygen atoms in total. The highest BCUT2D eigenvalue weighted by Gasteiger charge is 2.18. The molecule has 0 spiro atoms. The summed E-state index contributed by atoms with van der Waals surface area (Å²) < 4.78 is 23.2. The van der Waals surface area contributed by atoms with E-state index in [1.54, 1.807) is 0 Å². The van der Waals surface area contributed by atoms with Crippen LogP contribution in [0.4, 0.5) is 0 Å². The van der Waals surface area contributed by atoms with Gasteiger partial charge in [0.15, 0.2) is 9.84 Å². The molecule has 0 aromatic heterocycles. The number of hydrogen-bond acceptors (Lipinski definition) is 3. The van der Waals surface area contributed by atoms with E-state index < -0.39 is 9.84 Å². The predicted octanol–water partition coefficient (Wildman–Crippen LogP) is 1.57. The zero-order valence-electron chi connectivity index (χ0n) is 9.49. The largest absolute Gasteiger partial charge is 0.327 e. The minimum atomic E-state index is -2.94. The molecule has 0 fully saturated rings. The molecule has 0 saturated carbocycles. The van der Waals surface area contributed by atoms with E-state index in [-0.39, 0.29) is 23.5 Å². The van der Waals surface area contributed by atoms with Crippen LogP contribution in [0.5, 0.6) is 0 Å². The second-order valence-electron chi connectivity index (χ2n) is 4.14. The van der Waals surface area contributed by atoms with Crippen molar-refractivity contribution in [2.24, 2.45) is 11.7 Å². The van der Waals surface area contributed by atoms with E-state index in [1.807, 2.05) is 20.8 Å². The molecule has 0 aliphatic carbocycles. The predicted molar refractivity (Wildman–Crippen MR) is 61.0 cm³/mol. The summed E-state index contributed by atoms with van der Waals surface area (Å²) in [5.74, 6) is 0.667. The van der Waals surface area contributed by atoms with Gasteiger partial charge in [0.05, 0.1) is 11.5 Å². The van der Waals surface area contributed by atoms with Gasteiger partial charge in [0.1, 0.15) is 0 Å². The monoisotopic (exact) mass is 221 g/mol. The maximum absolute atomic E-state index is 11.6. The molecule has 0 saturated heterocycles. The topological polar surface area (TPSA) is 60.2 Å². The van der Waals surface area contributed by atoms with Crippen LogP contribution in [0, 0.1) is 5.92 Å². The minimum absolute atomic E-state index is 0.144. The van der Waals surface area contributed by atoms with Crippen molar-refractivity contribution in [1.82, 2.24) is 0 Å². The molecular weight excluding hydrogens is 198 g/mol. The Morgan fingerprint density at radius 2 is 1.79 bits per heavy atom. The van der Waals surface area contributed by atoms with E-state index in [4.69, 9.17) is 5.73 Å². The number of hydrogen-bond donors (Lipinski definition) is 1. The van der Waals surface area contributed by atoms with Crippen LogP contribution in [0.3, 0.4) is 0 Å². The van der Waals surface area contributed by atoms with Crippen molar-refractivity contribution in [3.8, 4) is 0 Å². The fourth-order valence-electron chi connectivity index (χ4n) is 1.40. The Bertz CT molecular complexity index is 237. The lowest BCUT2D eigenvalue weighted by atomic mass is 10.2. The molecule has 2 N–H and O–H groups in total. The first-order valence-corrected chi connectivity index (χ1v) is 7.19. The van der Waals surface area contributed by atoms with Crippen molar-refractivity contribution < 1.29 is 8.42 Å². The lowest BCUT2D eigenvalue weighted by Gasteiger charge is -2.13. The third-order valence-electron chi connectivity index (χ3n) is 2.36. The Morgan fingerprint density at radius 1 is 1.21 bits per heavy atom. The maximum atomic E-state index is 11.6. The van der Waals surface area contributed by atoms with E-state index in [1.165, 1.54) is 0 Å². The molecule has 0 aromatic rings. The molecule has 86 valence electrons. The smallest absolute Gasteiger partial charge is 0.152 e. The SMILES string of the molecule is CCCC(N)CS(=O)(=O)CC(C)CC. The van der Waals surface area contributed by atoms with Crippen LogP contribution >= 0.6 is 0 Å². The molecular formula is C10H23NO2S. The zero-order chi connectivity index (χ0) is 11.2. The molecule has 14 heavy (non-hydrogen) atoms. The van der Waals surface area contributed by atoms with Crippen LogP contribution in [-0.4, -0.2) is 26.0 Å². The fourth-order valence-corrected chi connectivity index (χ4v) is 3.46. The Kier molecular flexibility index (Phi) is 6.36. The van der Waals surface area contributed by atoms with Crippen molar-refractivity contribution in [3.05, 3.63) is 0 Å². The quantitative estimate of drug-likeness (QED) is 0.710. The third kappa shape index (κ3) is 6.38. The third-order valence-corrected chi connectivity index (χ3v) is 4.38. The van der Waals surface area contributed by atoms with E-state index in [0.717, 1.165) is 19.3 Å². The summed E-state index contributed by atoms with van der Waals surface area (Å²) in [5.41, 5.74) is 5.71. The summed E-state index contributed by atoms with van der Waals surface area (Å²) in [6, 6.07) is -0.186. The van der Waals surface area contributed by atoms with Crippen LogP contribution in [0.1, 0.15) is 40.0 Å². The number of rotatable bonds is 7. The summed E-state index contributed by atoms with van der Waals surface area (Å²) in [6.45, 7) is 5.98. The molecule has 0 bridgehead atoms. The van der Waals surface area contributed by atoms with Crippen LogP contribution < -0.4 is 5.73 Å². The van der Waals surface area contributed by atoms with Crippen molar-refractivity contribution in [3.63, 3.8) is 0 Å². The molecule has 0 amide bonds. The summed E-state index contributed by atoms with van der Waals surface area (Å²) >= 11 is 0. The molecule has 2 unspecified atom stereocenters. The lowest BCUT2D eigenvalue weighted by molar-refractivity contribution is 0.552. The Balaban J connectivity index is 4.07. The molecule has 0 heterocycles. The van der Waals surface area contributed by atoms with Gasteiger partial charge < -0.3 is 5.73 Å². The normalized spacial score (nSPS) is 16.6. The first-order valence-electron chi connectivity index (χ1n) is 5.37.